The highest BCUT2D eigenvalue weighted by Gasteiger charge is 2.17. The third kappa shape index (κ3) is 2.75. The van der Waals surface area contributed by atoms with Gasteiger partial charge in [-0.3, -0.25) is 10.1 Å². The minimum absolute atomic E-state index is 0.0710. The number of thiazole rings is 1. The molecule has 20 heavy (non-hydrogen) atoms. The lowest BCUT2D eigenvalue weighted by Gasteiger charge is -2.07. The number of nitrogens with one attached hydrogen (secondary N) is 1. The Kier molecular flexibility index (Phi) is 3.56. The Bertz CT molecular complexity index is 618. The van der Waals surface area contributed by atoms with Gasteiger partial charge in [0, 0.05) is 4.88 Å². The van der Waals surface area contributed by atoms with E-state index < -0.39 is 0 Å². The van der Waals surface area contributed by atoms with Crippen molar-refractivity contribution in [2.45, 2.75) is 19.3 Å². The summed E-state index contributed by atoms with van der Waals surface area (Å²) in [6.07, 6.45) is 3.25. The van der Waals surface area contributed by atoms with E-state index in [9.17, 15) is 4.79 Å². The lowest BCUT2D eigenvalue weighted by Crippen LogP contribution is -2.20. The number of aryl methyl sites for hydroxylation is 2. The first kappa shape index (κ1) is 12.9. The zero-order valence-corrected chi connectivity index (χ0v) is 11.7. The Morgan fingerprint density at radius 1 is 1.40 bits per heavy atom. The van der Waals surface area contributed by atoms with Crippen LogP contribution in [0.3, 0.4) is 0 Å². The van der Waals surface area contributed by atoms with Gasteiger partial charge in [-0.2, -0.15) is 0 Å². The standard InChI is InChI=1S/C14H15N3O2S/c15-9-4-1-2-6-11(9)19-8-13(18)17-14-16-10-5-3-7-12(10)20-14/h1-2,4,6H,3,5,7-8,15H2,(H,16,17,18). The van der Waals surface area contributed by atoms with Gasteiger partial charge < -0.3 is 10.5 Å². The average molecular weight is 289 g/mol. The van der Waals surface area contributed by atoms with Gasteiger partial charge in [0.1, 0.15) is 5.75 Å². The van der Waals surface area contributed by atoms with Crippen LogP contribution in [0.4, 0.5) is 10.8 Å². The lowest BCUT2D eigenvalue weighted by molar-refractivity contribution is -0.118. The van der Waals surface area contributed by atoms with E-state index in [0.29, 0.717) is 16.6 Å². The zero-order chi connectivity index (χ0) is 13.9. The highest BCUT2D eigenvalue weighted by atomic mass is 32.1. The van der Waals surface area contributed by atoms with Gasteiger partial charge in [-0.1, -0.05) is 12.1 Å². The van der Waals surface area contributed by atoms with Crippen LogP contribution in [-0.2, 0) is 17.6 Å². The van der Waals surface area contributed by atoms with Crippen LogP contribution in [0.15, 0.2) is 24.3 Å². The molecule has 2 aromatic rings. The normalized spacial score (nSPS) is 13.0. The molecule has 104 valence electrons. The molecule has 1 aromatic carbocycles. The highest BCUT2D eigenvalue weighted by Crippen LogP contribution is 2.30. The summed E-state index contributed by atoms with van der Waals surface area (Å²) < 4.78 is 5.39. The number of anilines is 2. The third-order valence-corrected chi connectivity index (χ3v) is 4.19. The summed E-state index contributed by atoms with van der Waals surface area (Å²) in [4.78, 5) is 17.5. The second kappa shape index (κ2) is 5.50. The van der Waals surface area contributed by atoms with Crippen molar-refractivity contribution in [1.29, 1.82) is 0 Å². The summed E-state index contributed by atoms with van der Waals surface area (Å²) in [6.45, 7) is -0.0710. The predicted molar refractivity (Wildman–Crippen MR) is 79.1 cm³/mol. The van der Waals surface area contributed by atoms with Crippen molar-refractivity contribution in [1.82, 2.24) is 4.98 Å². The molecule has 0 saturated carbocycles. The minimum Gasteiger partial charge on any atom is -0.482 e. The monoisotopic (exact) mass is 289 g/mol. The van der Waals surface area contributed by atoms with Crippen LogP contribution in [0.1, 0.15) is 17.0 Å². The molecule has 0 atom stereocenters. The third-order valence-electron chi connectivity index (χ3n) is 3.12. The molecule has 0 bridgehead atoms. The van der Waals surface area contributed by atoms with Crippen LogP contribution in [0.2, 0.25) is 0 Å². The molecule has 1 aliphatic rings. The Hall–Kier alpha value is -2.08. The van der Waals surface area contributed by atoms with E-state index in [1.54, 1.807) is 23.5 Å². The molecule has 0 fully saturated rings. The maximum absolute atomic E-state index is 11.8. The van der Waals surface area contributed by atoms with E-state index in [-0.39, 0.29) is 12.5 Å². The van der Waals surface area contributed by atoms with Crippen LogP contribution < -0.4 is 15.8 Å². The van der Waals surface area contributed by atoms with Gasteiger partial charge >= 0.3 is 0 Å². The largest absolute Gasteiger partial charge is 0.482 e. The summed E-state index contributed by atoms with van der Waals surface area (Å²) in [6, 6.07) is 7.10. The van der Waals surface area contributed by atoms with E-state index in [0.717, 1.165) is 18.5 Å². The molecule has 3 N–H and O–H groups in total. The van der Waals surface area contributed by atoms with Gasteiger partial charge in [-0.25, -0.2) is 4.98 Å². The van der Waals surface area contributed by atoms with E-state index in [1.807, 2.05) is 12.1 Å². The molecule has 0 saturated heterocycles. The van der Waals surface area contributed by atoms with Crippen molar-refractivity contribution < 1.29 is 9.53 Å². The van der Waals surface area contributed by atoms with Gasteiger partial charge in [-0.15, -0.1) is 11.3 Å². The smallest absolute Gasteiger partial charge is 0.264 e. The lowest BCUT2D eigenvalue weighted by atomic mass is 10.3. The molecule has 5 nitrogen and oxygen atoms in total. The molecule has 0 unspecified atom stereocenters. The number of nitrogens with zero attached hydrogens (tertiary/aromatic N) is 1. The number of ether oxygens (including phenoxy) is 1. The molecule has 1 aromatic heterocycles. The first-order chi connectivity index (χ1) is 9.72. The maximum atomic E-state index is 11.8. The Labute approximate surface area is 120 Å². The molecular formula is C14H15N3O2S. The second-order valence-corrected chi connectivity index (χ2v) is 5.70. The fraction of sp³-hybridized carbons (Fsp3) is 0.286. The summed E-state index contributed by atoms with van der Waals surface area (Å²) >= 11 is 1.55. The zero-order valence-electron chi connectivity index (χ0n) is 10.9. The number of hydrogen-bond acceptors (Lipinski definition) is 5. The van der Waals surface area contributed by atoms with Gasteiger partial charge in [0.05, 0.1) is 11.4 Å². The van der Waals surface area contributed by atoms with Crippen LogP contribution in [0, 0.1) is 0 Å². The topological polar surface area (TPSA) is 77.2 Å². The van der Waals surface area contributed by atoms with Crippen LogP contribution in [0.5, 0.6) is 5.75 Å². The van der Waals surface area contributed by atoms with Gasteiger partial charge in [-0.05, 0) is 31.4 Å². The molecule has 0 spiro atoms. The number of nitrogen functional groups attached to an aromatic ring is 1. The number of amides is 1. The number of benzene rings is 1. The molecule has 6 heteroatoms. The van der Waals surface area contributed by atoms with Crippen molar-refractivity contribution in [3.63, 3.8) is 0 Å². The number of fused-ring (bicyclic) bond motifs is 1. The fourth-order valence-electron chi connectivity index (χ4n) is 2.15. The van der Waals surface area contributed by atoms with Gasteiger partial charge in [0.15, 0.2) is 11.7 Å². The molecule has 3 rings (SSSR count). The van der Waals surface area contributed by atoms with Crippen LogP contribution in [-0.4, -0.2) is 17.5 Å². The SMILES string of the molecule is Nc1ccccc1OCC(=O)Nc1nc2c(s1)CCC2. The first-order valence-corrected chi connectivity index (χ1v) is 7.30. The molecule has 1 amide bonds. The summed E-state index contributed by atoms with van der Waals surface area (Å²) in [7, 11) is 0. The van der Waals surface area contributed by atoms with E-state index >= 15 is 0 Å². The summed E-state index contributed by atoms with van der Waals surface area (Å²) in [5, 5.41) is 3.42. The predicted octanol–water partition coefficient (Wildman–Crippen LogP) is 2.23. The minimum atomic E-state index is -0.222. The van der Waals surface area contributed by atoms with Crippen molar-refractivity contribution in [2.24, 2.45) is 0 Å². The van der Waals surface area contributed by atoms with Crippen molar-refractivity contribution in [3.8, 4) is 5.75 Å². The molecule has 1 heterocycles. The number of nitrogens with two attached hydrogens (primary N) is 1. The first-order valence-electron chi connectivity index (χ1n) is 6.48. The van der Waals surface area contributed by atoms with Crippen molar-refractivity contribution in [2.75, 3.05) is 17.7 Å². The second-order valence-electron chi connectivity index (χ2n) is 4.62. The average Bonchev–Trinajstić information content (AvgIpc) is 2.98. The van der Waals surface area contributed by atoms with Gasteiger partial charge in [0.25, 0.3) is 5.91 Å². The highest BCUT2D eigenvalue weighted by molar-refractivity contribution is 7.15. The number of para-hydroxylation sites is 2. The molecular weight excluding hydrogens is 274 g/mol. The van der Waals surface area contributed by atoms with E-state index in [1.165, 1.54) is 11.3 Å². The fourth-order valence-corrected chi connectivity index (χ4v) is 3.22. The van der Waals surface area contributed by atoms with Crippen molar-refractivity contribution in [3.05, 3.63) is 34.8 Å². The Balaban J connectivity index is 1.56. The maximum Gasteiger partial charge on any atom is 0.264 e. The molecule has 1 aliphatic carbocycles. The number of hydrogen-bond donors (Lipinski definition) is 2. The number of aromatic nitrogens is 1. The van der Waals surface area contributed by atoms with Crippen LogP contribution in [0.25, 0.3) is 0 Å². The summed E-state index contributed by atoms with van der Waals surface area (Å²) in [5.74, 6) is 0.296. The number of rotatable bonds is 4. The quantitative estimate of drug-likeness (QED) is 0.846. The van der Waals surface area contributed by atoms with Gasteiger partial charge in [0.2, 0.25) is 0 Å². The number of carbonyl (C=O) groups is 1. The van der Waals surface area contributed by atoms with Crippen LogP contribution >= 0.6 is 11.3 Å². The molecule has 0 radical (unpaired) electrons. The Morgan fingerprint density at radius 3 is 3.05 bits per heavy atom. The van der Waals surface area contributed by atoms with E-state index in [4.69, 9.17) is 10.5 Å². The molecule has 0 aliphatic heterocycles. The Morgan fingerprint density at radius 2 is 2.25 bits per heavy atom. The number of carbonyl (C=O) groups excluding carboxylic acids is 1. The van der Waals surface area contributed by atoms with Crippen molar-refractivity contribution >= 4 is 28.1 Å². The summed E-state index contributed by atoms with van der Waals surface area (Å²) in [5.41, 5.74) is 7.39. The van der Waals surface area contributed by atoms with E-state index in [2.05, 4.69) is 10.3 Å².